The number of ether oxygens (including phenoxy) is 5. The first-order valence-electron chi connectivity index (χ1n) is 11.1. The second-order valence-corrected chi connectivity index (χ2v) is 7.57. The summed E-state index contributed by atoms with van der Waals surface area (Å²) in [5.41, 5.74) is 2.44. The molecule has 0 N–H and O–H groups in total. The maximum atomic E-state index is 5.75. The lowest BCUT2D eigenvalue weighted by Crippen LogP contribution is -2.10. The normalized spacial score (nSPS) is 11.6. The molecule has 0 unspecified atom stereocenters. The first-order valence-corrected chi connectivity index (χ1v) is 11.9. The summed E-state index contributed by atoms with van der Waals surface area (Å²) in [7, 11) is 0. The second-order valence-electron chi connectivity index (χ2n) is 7.00. The van der Waals surface area contributed by atoms with E-state index >= 15 is 0 Å². The molecular weight excluding hydrogens is 419 g/mol. The van der Waals surface area contributed by atoms with Crippen molar-refractivity contribution in [3.05, 3.63) is 23.3 Å². The van der Waals surface area contributed by atoms with E-state index in [4.69, 9.17) is 23.7 Å². The van der Waals surface area contributed by atoms with Gasteiger partial charge in [-0.25, -0.2) is 0 Å². The van der Waals surface area contributed by atoms with E-state index in [1.807, 2.05) is 6.07 Å². The minimum absolute atomic E-state index is 0. The summed E-state index contributed by atoms with van der Waals surface area (Å²) in [6, 6.07) is 4.12. The zero-order valence-corrected chi connectivity index (χ0v) is 21.1. The molecule has 0 saturated heterocycles. The van der Waals surface area contributed by atoms with E-state index in [9.17, 15) is 0 Å². The van der Waals surface area contributed by atoms with Gasteiger partial charge in [0.25, 0.3) is 0 Å². The highest BCUT2D eigenvalue weighted by atomic mass is 35.5. The van der Waals surface area contributed by atoms with Gasteiger partial charge in [0.05, 0.1) is 33.0 Å². The quantitative estimate of drug-likeness (QED) is 0.256. The zero-order valence-electron chi connectivity index (χ0n) is 19.1. The Kier molecular flexibility index (Phi) is 20.1. The monoisotopic (exact) mass is 458 g/mol. The fraction of sp³-hybridized carbons (Fsp3) is 0.739. The van der Waals surface area contributed by atoms with E-state index in [0.717, 1.165) is 43.8 Å². The van der Waals surface area contributed by atoms with Crippen LogP contribution in [0, 0.1) is 0 Å². The van der Waals surface area contributed by atoms with Gasteiger partial charge in [-0.15, -0.1) is 17.7 Å². The van der Waals surface area contributed by atoms with Crippen LogP contribution in [0.1, 0.15) is 64.0 Å². The fourth-order valence-corrected chi connectivity index (χ4v) is 3.14. The molecule has 0 atom stereocenters. The first kappa shape index (κ1) is 29.5. The lowest BCUT2D eigenvalue weighted by atomic mass is 10.0. The summed E-state index contributed by atoms with van der Waals surface area (Å²) in [5, 5.41) is 1.26. The molecule has 2 rings (SSSR count). The average molecular weight is 459 g/mol. The van der Waals surface area contributed by atoms with Crippen molar-refractivity contribution in [3.63, 3.8) is 0 Å². The van der Waals surface area contributed by atoms with Crippen molar-refractivity contribution in [2.45, 2.75) is 71.2 Å². The summed E-state index contributed by atoms with van der Waals surface area (Å²) in [6.07, 6.45) is 7.05. The van der Waals surface area contributed by atoms with Gasteiger partial charge in [-0.2, -0.15) is 0 Å². The fourth-order valence-electron chi connectivity index (χ4n) is 2.74. The molecule has 1 aliphatic rings. The highest BCUT2D eigenvalue weighted by Crippen LogP contribution is 2.35. The number of unbranched alkanes of at least 4 members (excludes halogenated alkanes) is 2. The Bertz CT molecular complexity index is 529. The molecule has 1 aromatic rings. The Balaban J connectivity index is 0.00000125. The smallest absolute Gasteiger partial charge is 0.231 e. The van der Waals surface area contributed by atoms with E-state index < -0.39 is 0 Å². The van der Waals surface area contributed by atoms with Crippen LogP contribution in [0.5, 0.6) is 11.5 Å². The average Bonchev–Trinajstić information content (AvgIpc) is 3.18. The third-order valence-corrected chi connectivity index (χ3v) is 4.82. The van der Waals surface area contributed by atoms with Crippen molar-refractivity contribution in [1.82, 2.24) is 0 Å². The van der Waals surface area contributed by atoms with Crippen molar-refractivity contribution in [1.29, 1.82) is 0 Å². The first-order chi connectivity index (χ1) is 14.3. The van der Waals surface area contributed by atoms with Gasteiger partial charge in [-0.1, -0.05) is 46.5 Å². The van der Waals surface area contributed by atoms with Crippen LogP contribution in [-0.4, -0.2) is 56.1 Å². The SMILES string of the molecule is CCCCOCCOCCOCc1cc2c(cc1CCC)OCO2.CCC[CH2][Al].Cl. The molecule has 1 aliphatic heterocycles. The minimum atomic E-state index is 0. The van der Waals surface area contributed by atoms with Gasteiger partial charge < -0.3 is 23.7 Å². The zero-order chi connectivity index (χ0) is 21.2. The van der Waals surface area contributed by atoms with Crippen molar-refractivity contribution in [3.8, 4) is 11.5 Å². The summed E-state index contributed by atoms with van der Waals surface area (Å²) in [5.74, 6) is 1.66. The largest absolute Gasteiger partial charge is 0.454 e. The molecule has 0 spiro atoms. The van der Waals surface area contributed by atoms with Crippen LogP contribution in [0.4, 0.5) is 0 Å². The highest BCUT2D eigenvalue weighted by molar-refractivity contribution is 6.08. The van der Waals surface area contributed by atoms with Gasteiger partial charge >= 0.3 is 0 Å². The third-order valence-electron chi connectivity index (χ3n) is 4.42. The molecule has 0 bridgehead atoms. The Morgan fingerprint density at radius 2 is 1.33 bits per heavy atom. The van der Waals surface area contributed by atoms with Gasteiger partial charge in [0.2, 0.25) is 6.79 Å². The molecule has 172 valence electrons. The topological polar surface area (TPSA) is 46.2 Å². The minimum Gasteiger partial charge on any atom is -0.454 e. The maximum Gasteiger partial charge on any atom is 0.231 e. The molecule has 1 aromatic carbocycles. The number of benzene rings is 1. The van der Waals surface area contributed by atoms with Crippen LogP contribution < -0.4 is 9.47 Å². The Morgan fingerprint density at radius 1 is 0.767 bits per heavy atom. The van der Waals surface area contributed by atoms with Crippen molar-refractivity contribution in [2.75, 3.05) is 39.8 Å². The van der Waals surface area contributed by atoms with Gasteiger partial charge in [-0.3, -0.25) is 0 Å². The molecular formula is C23H40AlClO5. The number of halogens is 1. The van der Waals surface area contributed by atoms with Gasteiger partial charge in [0.15, 0.2) is 11.5 Å². The lowest BCUT2D eigenvalue weighted by molar-refractivity contribution is 0.0101. The summed E-state index contributed by atoms with van der Waals surface area (Å²) in [4.78, 5) is 0. The van der Waals surface area contributed by atoms with E-state index in [2.05, 4.69) is 43.1 Å². The number of hydrogen-bond acceptors (Lipinski definition) is 5. The summed E-state index contributed by atoms with van der Waals surface area (Å²) in [6.45, 7) is 10.7. The molecule has 0 saturated carbocycles. The number of hydrogen-bond donors (Lipinski definition) is 0. The summed E-state index contributed by atoms with van der Waals surface area (Å²) < 4.78 is 27.6. The van der Waals surface area contributed by atoms with Crippen LogP contribution in [0.25, 0.3) is 0 Å². The third kappa shape index (κ3) is 13.0. The molecule has 0 amide bonds. The molecule has 7 heteroatoms. The molecule has 2 radical (unpaired) electrons. The Labute approximate surface area is 198 Å². The van der Waals surface area contributed by atoms with Gasteiger partial charge in [0.1, 0.15) is 16.3 Å². The number of aryl methyl sites for hydroxylation is 1. The van der Waals surface area contributed by atoms with Crippen LogP contribution in [0.2, 0.25) is 5.28 Å². The molecule has 0 aliphatic carbocycles. The van der Waals surface area contributed by atoms with Crippen LogP contribution in [0.15, 0.2) is 12.1 Å². The van der Waals surface area contributed by atoms with Crippen LogP contribution >= 0.6 is 12.4 Å². The summed E-state index contributed by atoms with van der Waals surface area (Å²) >= 11 is 2.70. The molecule has 5 nitrogen and oxygen atoms in total. The maximum absolute atomic E-state index is 5.75. The Morgan fingerprint density at radius 3 is 1.87 bits per heavy atom. The van der Waals surface area contributed by atoms with E-state index in [1.54, 1.807) is 0 Å². The van der Waals surface area contributed by atoms with Crippen molar-refractivity contribution >= 4 is 28.7 Å². The van der Waals surface area contributed by atoms with Crippen LogP contribution in [0.3, 0.4) is 0 Å². The predicted octanol–water partition coefficient (Wildman–Crippen LogP) is 5.51. The van der Waals surface area contributed by atoms with E-state index in [-0.39, 0.29) is 12.4 Å². The molecule has 30 heavy (non-hydrogen) atoms. The van der Waals surface area contributed by atoms with Crippen molar-refractivity contribution < 1.29 is 23.7 Å². The van der Waals surface area contributed by atoms with Crippen molar-refractivity contribution in [2.24, 2.45) is 0 Å². The van der Waals surface area contributed by atoms with E-state index in [0.29, 0.717) is 39.8 Å². The number of rotatable bonds is 15. The Hall–Kier alpha value is -0.478. The van der Waals surface area contributed by atoms with Crippen LogP contribution in [-0.2, 0) is 27.2 Å². The number of fused-ring (bicyclic) bond motifs is 1. The second kappa shape index (κ2) is 20.4. The van der Waals surface area contributed by atoms with E-state index in [1.165, 1.54) is 29.3 Å². The molecule has 0 aromatic heterocycles. The molecule has 0 fully saturated rings. The molecule has 1 heterocycles. The van der Waals surface area contributed by atoms with Gasteiger partial charge in [0, 0.05) is 6.61 Å². The highest BCUT2D eigenvalue weighted by Gasteiger charge is 2.16. The predicted molar refractivity (Wildman–Crippen MR) is 125 cm³/mol. The lowest BCUT2D eigenvalue weighted by Gasteiger charge is -2.11. The van der Waals surface area contributed by atoms with Gasteiger partial charge in [-0.05, 0) is 36.1 Å². The standard InChI is InChI=1S/C19H30O5.C4H9.Al.ClH/c1-3-5-7-20-8-9-21-10-11-22-14-17-13-19-18(23-15-24-19)12-16(17)6-4-2;1-3-4-2;;/h12-13H,3-11,14-15H2,1-2H3;1,3-4H2,2H3;;1H.